The maximum Gasteiger partial charge on any atom is 0.407 e. The van der Waals surface area contributed by atoms with Crippen molar-refractivity contribution < 1.29 is 19.4 Å². The van der Waals surface area contributed by atoms with Gasteiger partial charge >= 0.3 is 6.09 Å². The molecule has 1 aromatic carbocycles. The second-order valence-electron chi connectivity index (χ2n) is 10.0. The third-order valence-electron chi connectivity index (χ3n) is 5.21. The number of alkyl carbamates (subject to hydrolysis) is 1. The minimum atomic E-state index is -0.840. The van der Waals surface area contributed by atoms with Crippen LogP contribution >= 0.6 is 0 Å². The summed E-state index contributed by atoms with van der Waals surface area (Å²) >= 11 is 0. The smallest absolute Gasteiger partial charge is 0.407 e. The topological polar surface area (TPSA) is 161 Å². The fraction of sp³-hybridized carbons (Fsp3) is 0.483. The van der Waals surface area contributed by atoms with Gasteiger partial charge in [0, 0.05) is 38.2 Å². The number of unbranched alkanes of at least 4 members (excludes halogenated alkanes) is 1. The van der Waals surface area contributed by atoms with Gasteiger partial charge in [-0.25, -0.2) is 9.78 Å². The predicted octanol–water partition coefficient (Wildman–Crippen LogP) is 3.83. The van der Waals surface area contributed by atoms with E-state index in [2.05, 4.69) is 56.1 Å². The first-order valence-electron chi connectivity index (χ1n) is 13.4. The van der Waals surface area contributed by atoms with Gasteiger partial charge in [0.2, 0.25) is 11.9 Å². The van der Waals surface area contributed by atoms with Gasteiger partial charge in [-0.2, -0.15) is 10.2 Å². The van der Waals surface area contributed by atoms with Crippen molar-refractivity contribution in [3.63, 3.8) is 0 Å². The number of aliphatic hydroxyl groups excluding tert-OH is 1. The largest absolute Gasteiger partial charge is 0.444 e. The SMILES string of the molecule is CCCNc1nc(Nc2ccc(C#N)cc2)ncc1C#CCCCNC(=O)CC[C@@H](O)CNC(=O)OC(C)(C)C. The van der Waals surface area contributed by atoms with Crippen LogP contribution in [0.3, 0.4) is 0 Å². The fourth-order valence-electron chi connectivity index (χ4n) is 3.23. The Bertz CT molecular complexity index is 1210. The second-order valence-corrected chi connectivity index (χ2v) is 10.0. The van der Waals surface area contributed by atoms with Crippen molar-refractivity contribution in [2.75, 3.05) is 30.3 Å². The number of hydrogen-bond acceptors (Lipinski definition) is 9. The Kier molecular flexibility index (Phi) is 13.2. The second kappa shape index (κ2) is 16.6. The van der Waals surface area contributed by atoms with Crippen LogP contribution in [-0.4, -0.2) is 58.4 Å². The highest BCUT2D eigenvalue weighted by Crippen LogP contribution is 2.18. The maximum atomic E-state index is 12.1. The molecule has 0 radical (unpaired) electrons. The van der Waals surface area contributed by atoms with Crippen molar-refractivity contribution in [3.05, 3.63) is 41.6 Å². The van der Waals surface area contributed by atoms with Crippen LogP contribution in [0.2, 0.25) is 0 Å². The number of nitrogens with zero attached hydrogens (tertiary/aromatic N) is 3. The molecule has 2 amide bonds. The lowest BCUT2D eigenvalue weighted by atomic mass is 10.2. The molecule has 0 saturated carbocycles. The molecule has 0 aliphatic rings. The molecule has 2 rings (SSSR count). The lowest BCUT2D eigenvalue weighted by Crippen LogP contribution is -2.37. The van der Waals surface area contributed by atoms with E-state index in [4.69, 9.17) is 10.00 Å². The Balaban J connectivity index is 1.75. The number of anilines is 3. The van der Waals surface area contributed by atoms with Gasteiger partial charge in [0.05, 0.1) is 29.5 Å². The maximum absolute atomic E-state index is 12.1. The summed E-state index contributed by atoms with van der Waals surface area (Å²) in [7, 11) is 0. The summed E-state index contributed by atoms with van der Waals surface area (Å²) in [6, 6.07) is 9.11. The van der Waals surface area contributed by atoms with Crippen LogP contribution in [0.25, 0.3) is 0 Å². The van der Waals surface area contributed by atoms with Gasteiger partial charge in [-0.05, 0) is 64.3 Å². The normalized spacial score (nSPS) is 11.3. The van der Waals surface area contributed by atoms with Crippen molar-refractivity contribution in [1.29, 1.82) is 5.26 Å². The first-order chi connectivity index (χ1) is 19.1. The number of nitrogens with one attached hydrogen (secondary N) is 4. The van der Waals surface area contributed by atoms with Crippen molar-refractivity contribution in [1.82, 2.24) is 20.6 Å². The van der Waals surface area contributed by atoms with Crippen LogP contribution < -0.4 is 21.3 Å². The summed E-state index contributed by atoms with van der Waals surface area (Å²) in [5.41, 5.74) is 1.41. The average Bonchev–Trinajstić information content (AvgIpc) is 2.91. The van der Waals surface area contributed by atoms with Gasteiger partial charge in [0.15, 0.2) is 0 Å². The van der Waals surface area contributed by atoms with Gasteiger partial charge in [0.25, 0.3) is 0 Å². The highest BCUT2D eigenvalue weighted by molar-refractivity contribution is 5.75. The molecule has 11 nitrogen and oxygen atoms in total. The summed E-state index contributed by atoms with van der Waals surface area (Å²) in [5, 5.41) is 30.6. The van der Waals surface area contributed by atoms with Gasteiger partial charge in [-0.15, -0.1) is 0 Å². The molecule has 40 heavy (non-hydrogen) atoms. The number of ether oxygens (including phenoxy) is 1. The van der Waals surface area contributed by atoms with E-state index in [0.717, 1.165) is 18.7 Å². The monoisotopic (exact) mass is 549 g/mol. The average molecular weight is 550 g/mol. The zero-order valence-corrected chi connectivity index (χ0v) is 23.6. The number of aromatic nitrogens is 2. The molecule has 0 unspecified atom stereocenters. The van der Waals surface area contributed by atoms with E-state index in [9.17, 15) is 14.7 Å². The lowest BCUT2D eigenvalue weighted by molar-refractivity contribution is -0.121. The molecule has 0 aliphatic carbocycles. The lowest BCUT2D eigenvalue weighted by Gasteiger charge is -2.20. The Hall–Kier alpha value is -4.35. The first-order valence-corrected chi connectivity index (χ1v) is 13.4. The number of hydrogen-bond donors (Lipinski definition) is 5. The molecule has 1 aromatic heterocycles. The van der Waals surface area contributed by atoms with E-state index in [1.807, 2.05) is 0 Å². The van der Waals surface area contributed by atoms with Gasteiger partial charge < -0.3 is 31.1 Å². The number of carbonyl (C=O) groups excluding carboxylic acids is 2. The third kappa shape index (κ3) is 12.9. The molecule has 0 spiro atoms. The number of benzene rings is 1. The molecule has 2 aromatic rings. The number of amides is 2. The molecular weight excluding hydrogens is 510 g/mol. The summed E-state index contributed by atoms with van der Waals surface area (Å²) in [4.78, 5) is 32.6. The van der Waals surface area contributed by atoms with Crippen LogP contribution in [0.4, 0.5) is 22.2 Å². The first kappa shape index (κ1) is 31.9. The Morgan fingerprint density at radius 3 is 2.58 bits per heavy atom. The van der Waals surface area contributed by atoms with Gasteiger partial charge in [-0.3, -0.25) is 4.79 Å². The molecule has 214 valence electrons. The molecular formula is C29H39N7O4. The quantitative estimate of drug-likeness (QED) is 0.185. The van der Waals surface area contributed by atoms with Crippen molar-refractivity contribution in [3.8, 4) is 17.9 Å². The molecule has 11 heteroatoms. The van der Waals surface area contributed by atoms with E-state index in [1.165, 1.54) is 0 Å². The highest BCUT2D eigenvalue weighted by atomic mass is 16.6. The fourth-order valence-corrected chi connectivity index (χ4v) is 3.23. The van der Waals surface area contributed by atoms with E-state index < -0.39 is 17.8 Å². The van der Waals surface area contributed by atoms with Gasteiger partial charge in [0.1, 0.15) is 11.4 Å². The summed E-state index contributed by atoms with van der Waals surface area (Å²) < 4.78 is 5.11. The number of rotatable bonds is 13. The zero-order chi connectivity index (χ0) is 29.4. The molecule has 0 fully saturated rings. The van der Waals surface area contributed by atoms with E-state index in [1.54, 1.807) is 51.2 Å². The molecule has 0 saturated heterocycles. The Labute approximate surface area is 236 Å². The minimum absolute atomic E-state index is 0.0169. The molecule has 0 aliphatic heterocycles. The van der Waals surface area contributed by atoms with Crippen LogP contribution in [0.1, 0.15) is 70.9 Å². The molecule has 0 bridgehead atoms. The van der Waals surface area contributed by atoms with Crippen molar-refractivity contribution in [2.24, 2.45) is 0 Å². The third-order valence-corrected chi connectivity index (χ3v) is 5.21. The number of carbonyl (C=O) groups is 2. The van der Waals surface area contributed by atoms with Crippen LogP contribution in [0, 0.1) is 23.2 Å². The molecule has 1 atom stereocenters. The molecule has 5 N–H and O–H groups in total. The van der Waals surface area contributed by atoms with E-state index in [-0.39, 0.29) is 25.3 Å². The Morgan fingerprint density at radius 2 is 1.90 bits per heavy atom. The number of nitriles is 1. The van der Waals surface area contributed by atoms with Crippen molar-refractivity contribution in [2.45, 2.75) is 71.5 Å². The van der Waals surface area contributed by atoms with Crippen LogP contribution in [0.15, 0.2) is 30.5 Å². The molecule has 1 heterocycles. The predicted molar refractivity (Wildman–Crippen MR) is 154 cm³/mol. The summed E-state index contributed by atoms with van der Waals surface area (Å²) in [6.07, 6.45) is 2.75. The van der Waals surface area contributed by atoms with Gasteiger partial charge in [-0.1, -0.05) is 18.8 Å². The van der Waals surface area contributed by atoms with Crippen molar-refractivity contribution >= 4 is 29.5 Å². The summed E-state index contributed by atoms with van der Waals surface area (Å²) in [5.74, 6) is 7.08. The highest BCUT2D eigenvalue weighted by Gasteiger charge is 2.17. The van der Waals surface area contributed by atoms with E-state index in [0.29, 0.717) is 42.3 Å². The van der Waals surface area contributed by atoms with Crippen LogP contribution in [-0.2, 0) is 9.53 Å². The zero-order valence-electron chi connectivity index (χ0n) is 23.6. The Morgan fingerprint density at radius 1 is 1.15 bits per heavy atom. The van der Waals surface area contributed by atoms with E-state index >= 15 is 0 Å². The van der Waals surface area contributed by atoms with Crippen LogP contribution in [0.5, 0.6) is 0 Å². The number of aliphatic hydroxyl groups is 1. The standard InChI is InChI=1S/C29H39N7O4/c1-5-16-32-26-22(19-33-27(36-26)35-23-12-10-21(18-30)11-13-23)9-7-6-8-17-31-25(38)15-14-24(37)20-34-28(39)40-29(2,3)4/h10-13,19,24,37H,5-6,8,14-17,20H2,1-4H3,(H,31,38)(H,34,39)(H2,32,33,35,36)/t24-/m1/s1. The summed E-state index contributed by atoms with van der Waals surface area (Å²) in [6.45, 7) is 8.54. The minimum Gasteiger partial charge on any atom is -0.444 e.